The van der Waals surface area contributed by atoms with E-state index < -0.39 is 0 Å². The SMILES string of the molecule is CC(C)CN(Cc1cccn1C)C(=O)CN(C(=O)Cc1cccs1)C1CC1. The number of nitrogens with zero attached hydrogens (tertiary/aromatic N) is 3. The molecule has 2 heterocycles. The van der Waals surface area contributed by atoms with Crippen molar-refractivity contribution in [3.8, 4) is 0 Å². The Morgan fingerprint density at radius 2 is 2.00 bits per heavy atom. The second-order valence-electron chi connectivity index (χ2n) is 7.79. The van der Waals surface area contributed by atoms with Gasteiger partial charge in [0.15, 0.2) is 0 Å². The highest BCUT2D eigenvalue weighted by atomic mass is 32.1. The lowest BCUT2D eigenvalue weighted by Gasteiger charge is -2.29. The highest BCUT2D eigenvalue weighted by Gasteiger charge is 2.34. The minimum Gasteiger partial charge on any atom is -0.353 e. The number of aryl methyl sites for hydroxylation is 1. The van der Waals surface area contributed by atoms with Crippen molar-refractivity contribution in [2.45, 2.75) is 45.7 Å². The number of hydrogen-bond acceptors (Lipinski definition) is 3. The molecule has 146 valence electrons. The molecule has 0 unspecified atom stereocenters. The van der Waals surface area contributed by atoms with Crippen LogP contribution in [0.15, 0.2) is 35.8 Å². The van der Waals surface area contributed by atoms with Gasteiger partial charge in [0.05, 0.1) is 13.0 Å². The third-order valence-electron chi connectivity index (χ3n) is 4.86. The van der Waals surface area contributed by atoms with E-state index in [-0.39, 0.29) is 24.4 Å². The molecule has 2 amide bonds. The lowest BCUT2D eigenvalue weighted by molar-refractivity contribution is -0.141. The van der Waals surface area contributed by atoms with Gasteiger partial charge in [-0.2, -0.15) is 0 Å². The molecule has 0 saturated heterocycles. The van der Waals surface area contributed by atoms with Crippen LogP contribution in [0.4, 0.5) is 0 Å². The maximum Gasteiger partial charge on any atom is 0.242 e. The number of aromatic nitrogens is 1. The third-order valence-corrected chi connectivity index (χ3v) is 5.74. The Hall–Kier alpha value is -2.08. The zero-order chi connectivity index (χ0) is 19.4. The summed E-state index contributed by atoms with van der Waals surface area (Å²) in [6.07, 6.45) is 4.40. The van der Waals surface area contributed by atoms with Gasteiger partial charge in [0.2, 0.25) is 11.8 Å². The van der Waals surface area contributed by atoms with Crippen molar-refractivity contribution < 1.29 is 9.59 Å². The monoisotopic (exact) mass is 387 g/mol. The van der Waals surface area contributed by atoms with Crippen LogP contribution < -0.4 is 0 Å². The van der Waals surface area contributed by atoms with E-state index in [2.05, 4.69) is 13.8 Å². The van der Waals surface area contributed by atoms with Crippen LogP contribution in [0, 0.1) is 5.92 Å². The smallest absolute Gasteiger partial charge is 0.242 e. The third kappa shape index (κ3) is 5.45. The van der Waals surface area contributed by atoms with E-state index in [1.807, 2.05) is 52.4 Å². The number of thiophene rings is 1. The largest absolute Gasteiger partial charge is 0.353 e. The molecule has 0 spiro atoms. The van der Waals surface area contributed by atoms with E-state index in [4.69, 9.17) is 0 Å². The molecule has 0 aromatic carbocycles. The van der Waals surface area contributed by atoms with Crippen molar-refractivity contribution in [3.63, 3.8) is 0 Å². The molecule has 2 aromatic heterocycles. The summed E-state index contributed by atoms with van der Waals surface area (Å²) in [7, 11) is 1.99. The number of hydrogen-bond donors (Lipinski definition) is 0. The predicted octanol–water partition coefficient (Wildman–Crippen LogP) is 3.30. The fraction of sp³-hybridized carbons (Fsp3) is 0.524. The Bertz CT molecular complexity index is 762. The summed E-state index contributed by atoms with van der Waals surface area (Å²) >= 11 is 1.59. The quantitative estimate of drug-likeness (QED) is 0.663. The zero-order valence-corrected chi connectivity index (χ0v) is 17.2. The molecule has 2 aromatic rings. The van der Waals surface area contributed by atoms with Crippen LogP contribution in [-0.2, 0) is 29.6 Å². The number of rotatable bonds is 9. The Labute approximate surface area is 165 Å². The average Bonchev–Trinajstić information content (AvgIpc) is 3.18. The van der Waals surface area contributed by atoms with Crippen molar-refractivity contribution in [1.29, 1.82) is 0 Å². The molecule has 5 nitrogen and oxygen atoms in total. The van der Waals surface area contributed by atoms with Gasteiger partial charge in [-0.3, -0.25) is 9.59 Å². The Morgan fingerprint density at radius 3 is 2.56 bits per heavy atom. The minimum absolute atomic E-state index is 0.0383. The van der Waals surface area contributed by atoms with E-state index in [1.54, 1.807) is 16.2 Å². The van der Waals surface area contributed by atoms with Crippen LogP contribution in [0.1, 0.15) is 37.3 Å². The van der Waals surface area contributed by atoms with Gasteiger partial charge in [-0.1, -0.05) is 19.9 Å². The van der Waals surface area contributed by atoms with Crippen LogP contribution in [0.2, 0.25) is 0 Å². The van der Waals surface area contributed by atoms with Gasteiger partial charge in [-0.05, 0) is 42.3 Å². The number of carbonyl (C=O) groups is 2. The normalized spacial score (nSPS) is 13.8. The van der Waals surface area contributed by atoms with Gasteiger partial charge in [0, 0.05) is 36.4 Å². The second-order valence-corrected chi connectivity index (χ2v) is 8.82. The summed E-state index contributed by atoms with van der Waals surface area (Å²) in [5.74, 6) is 0.485. The maximum absolute atomic E-state index is 13.1. The fourth-order valence-electron chi connectivity index (χ4n) is 3.27. The van der Waals surface area contributed by atoms with Gasteiger partial charge < -0.3 is 14.4 Å². The van der Waals surface area contributed by atoms with Gasteiger partial charge >= 0.3 is 0 Å². The van der Waals surface area contributed by atoms with E-state index in [1.165, 1.54) is 0 Å². The van der Waals surface area contributed by atoms with Crippen LogP contribution in [0.25, 0.3) is 0 Å². The molecular formula is C21H29N3O2S. The molecule has 6 heteroatoms. The summed E-state index contributed by atoms with van der Waals surface area (Å²) < 4.78 is 2.04. The van der Waals surface area contributed by atoms with Crippen molar-refractivity contribution in [1.82, 2.24) is 14.4 Å². The fourth-order valence-corrected chi connectivity index (χ4v) is 3.96. The van der Waals surface area contributed by atoms with Gasteiger partial charge in [0.25, 0.3) is 0 Å². The van der Waals surface area contributed by atoms with Crippen LogP contribution in [0.5, 0.6) is 0 Å². The minimum atomic E-state index is 0.0383. The molecule has 0 aliphatic heterocycles. The van der Waals surface area contributed by atoms with E-state index in [9.17, 15) is 9.59 Å². The summed E-state index contributed by atoms with van der Waals surface area (Å²) in [5.41, 5.74) is 1.10. The van der Waals surface area contributed by atoms with E-state index in [0.29, 0.717) is 25.4 Å². The summed E-state index contributed by atoms with van der Waals surface area (Å²) in [5, 5.41) is 1.99. The van der Waals surface area contributed by atoms with Crippen molar-refractivity contribution in [3.05, 3.63) is 46.4 Å². The van der Waals surface area contributed by atoms with Gasteiger partial charge in [-0.25, -0.2) is 0 Å². The lowest BCUT2D eigenvalue weighted by atomic mass is 10.2. The molecule has 1 saturated carbocycles. The highest BCUT2D eigenvalue weighted by Crippen LogP contribution is 2.28. The Balaban J connectivity index is 1.67. The highest BCUT2D eigenvalue weighted by molar-refractivity contribution is 7.10. The summed E-state index contributed by atoms with van der Waals surface area (Å²) in [6, 6.07) is 8.22. The maximum atomic E-state index is 13.1. The molecular weight excluding hydrogens is 358 g/mol. The molecule has 3 rings (SSSR count). The lowest BCUT2D eigenvalue weighted by Crippen LogP contribution is -2.45. The van der Waals surface area contributed by atoms with Crippen LogP contribution in [0.3, 0.4) is 0 Å². The van der Waals surface area contributed by atoms with E-state index >= 15 is 0 Å². The molecule has 0 bridgehead atoms. The molecule has 1 fully saturated rings. The molecule has 1 aliphatic carbocycles. The van der Waals surface area contributed by atoms with Crippen LogP contribution in [-0.4, -0.2) is 45.3 Å². The van der Waals surface area contributed by atoms with Crippen molar-refractivity contribution in [2.75, 3.05) is 13.1 Å². The summed E-state index contributed by atoms with van der Waals surface area (Å²) in [4.78, 5) is 30.7. The topological polar surface area (TPSA) is 45.6 Å². The molecule has 27 heavy (non-hydrogen) atoms. The predicted molar refractivity (Wildman–Crippen MR) is 108 cm³/mol. The molecule has 0 atom stereocenters. The van der Waals surface area contributed by atoms with Crippen LogP contribution >= 0.6 is 11.3 Å². The first-order valence-electron chi connectivity index (χ1n) is 9.64. The Morgan fingerprint density at radius 1 is 1.22 bits per heavy atom. The van der Waals surface area contributed by atoms with Gasteiger partial charge in [0.1, 0.15) is 6.54 Å². The number of amides is 2. The first-order valence-corrected chi connectivity index (χ1v) is 10.5. The molecule has 0 radical (unpaired) electrons. The average molecular weight is 388 g/mol. The van der Waals surface area contributed by atoms with Crippen molar-refractivity contribution >= 4 is 23.2 Å². The van der Waals surface area contributed by atoms with E-state index in [0.717, 1.165) is 23.4 Å². The van der Waals surface area contributed by atoms with Crippen molar-refractivity contribution in [2.24, 2.45) is 13.0 Å². The summed E-state index contributed by atoms with van der Waals surface area (Å²) in [6.45, 7) is 5.70. The standard InChI is InChI=1S/C21H29N3O2S/c1-16(2)13-23(14-18-6-4-10-22(18)3)21(26)15-24(17-8-9-17)20(25)12-19-7-5-11-27-19/h4-7,10-11,16-17H,8-9,12-15H2,1-3H3. The van der Waals surface area contributed by atoms with Gasteiger partial charge in [-0.15, -0.1) is 11.3 Å². The number of carbonyl (C=O) groups excluding carboxylic acids is 2. The molecule has 1 aliphatic rings. The first kappa shape index (κ1) is 19.7. The zero-order valence-electron chi connectivity index (χ0n) is 16.4. The molecule has 0 N–H and O–H groups in total. The second kappa shape index (κ2) is 8.74. The first-order chi connectivity index (χ1) is 12.9. The Kier molecular flexibility index (Phi) is 6.37.